The van der Waals surface area contributed by atoms with Crippen LogP contribution in [0.5, 0.6) is 0 Å². The zero-order valence-electron chi connectivity index (χ0n) is 12.3. The third kappa shape index (κ3) is 3.48. The quantitative estimate of drug-likeness (QED) is 0.901. The molecule has 0 aliphatic carbocycles. The number of hydrogen-bond acceptors (Lipinski definition) is 2. The summed E-state index contributed by atoms with van der Waals surface area (Å²) in [4.78, 5) is 16.1. The highest BCUT2D eigenvalue weighted by Gasteiger charge is 2.28. The van der Waals surface area contributed by atoms with Gasteiger partial charge in [-0.2, -0.15) is 0 Å². The Morgan fingerprint density at radius 2 is 1.95 bits per heavy atom. The van der Waals surface area contributed by atoms with Crippen LogP contribution in [0, 0.1) is 5.82 Å². The normalized spacial score (nSPS) is 20.2. The van der Waals surface area contributed by atoms with Crippen LogP contribution in [0.2, 0.25) is 0 Å². The van der Waals surface area contributed by atoms with E-state index in [0.29, 0.717) is 13.1 Å². The van der Waals surface area contributed by atoms with Crippen molar-refractivity contribution in [2.75, 3.05) is 26.7 Å². The third-order valence-corrected chi connectivity index (χ3v) is 3.60. The fraction of sp³-hybridized carbons (Fsp3) is 0.533. The highest BCUT2D eigenvalue weighted by molar-refractivity contribution is 5.74. The summed E-state index contributed by atoms with van der Waals surface area (Å²) in [6.45, 7) is 6.05. The fourth-order valence-electron chi connectivity index (χ4n) is 2.44. The topological polar surface area (TPSA) is 35.6 Å². The first kappa shape index (κ1) is 14.8. The highest BCUT2D eigenvalue weighted by atomic mass is 19.1. The number of urea groups is 1. The number of benzene rings is 1. The molecule has 1 saturated heterocycles. The van der Waals surface area contributed by atoms with E-state index in [1.807, 2.05) is 25.8 Å². The Kier molecular flexibility index (Phi) is 4.60. The summed E-state index contributed by atoms with van der Waals surface area (Å²) in [6.07, 6.45) is 0. The van der Waals surface area contributed by atoms with Crippen LogP contribution >= 0.6 is 0 Å². The van der Waals surface area contributed by atoms with Crippen molar-refractivity contribution in [1.29, 1.82) is 0 Å². The maximum atomic E-state index is 13.0. The van der Waals surface area contributed by atoms with Crippen molar-refractivity contribution in [3.05, 3.63) is 35.6 Å². The van der Waals surface area contributed by atoms with Gasteiger partial charge in [0.25, 0.3) is 0 Å². The minimum atomic E-state index is -0.235. The molecule has 1 unspecified atom stereocenters. The van der Waals surface area contributed by atoms with Crippen molar-refractivity contribution >= 4 is 6.03 Å². The Hall–Kier alpha value is -1.62. The number of amides is 2. The van der Waals surface area contributed by atoms with Crippen LogP contribution in [-0.2, 0) is 0 Å². The van der Waals surface area contributed by atoms with E-state index < -0.39 is 0 Å². The monoisotopic (exact) mass is 279 g/mol. The van der Waals surface area contributed by atoms with Crippen molar-refractivity contribution in [2.24, 2.45) is 0 Å². The molecule has 4 nitrogen and oxygen atoms in total. The second-order valence-corrected chi connectivity index (χ2v) is 5.60. The third-order valence-electron chi connectivity index (χ3n) is 3.60. The summed E-state index contributed by atoms with van der Waals surface area (Å²) in [6, 6.07) is 6.74. The fourth-order valence-corrected chi connectivity index (χ4v) is 2.44. The Bertz CT molecular complexity index is 461. The second kappa shape index (κ2) is 6.22. The van der Waals surface area contributed by atoms with Gasteiger partial charge in [-0.05, 0) is 38.6 Å². The van der Waals surface area contributed by atoms with Gasteiger partial charge in [-0.25, -0.2) is 9.18 Å². The van der Waals surface area contributed by atoms with E-state index in [-0.39, 0.29) is 23.9 Å². The summed E-state index contributed by atoms with van der Waals surface area (Å²) in [5.41, 5.74) is 1.04. The van der Waals surface area contributed by atoms with E-state index in [1.165, 1.54) is 12.1 Å². The highest BCUT2D eigenvalue weighted by Crippen LogP contribution is 2.24. The Morgan fingerprint density at radius 1 is 1.30 bits per heavy atom. The molecule has 1 atom stereocenters. The molecule has 0 spiro atoms. The molecular formula is C15H22FN3O. The number of likely N-dealkylation sites (N-methyl/N-ethyl adjacent to an activating group) is 1. The number of rotatable bonds is 2. The maximum Gasteiger partial charge on any atom is 0.317 e. The Morgan fingerprint density at radius 3 is 2.55 bits per heavy atom. The second-order valence-electron chi connectivity index (χ2n) is 5.60. The van der Waals surface area contributed by atoms with E-state index in [4.69, 9.17) is 0 Å². The molecule has 2 rings (SSSR count). The van der Waals surface area contributed by atoms with Gasteiger partial charge in [0, 0.05) is 25.7 Å². The van der Waals surface area contributed by atoms with Gasteiger partial charge in [0.2, 0.25) is 0 Å². The van der Waals surface area contributed by atoms with Gasteiger partial charge in [0.1, 0.15) is 5.82 Å². The molecule has 0 aromatic heterocycles. The molecule has 20 heavy (non-hydrogen) atoms. The van der Waals surface area contributed by atoms with Crippen molar-refractivity contribution < 1.29 is 9.18 Å². The van der Waals surface area contributed by atoms with Gasteiger partial charge >= 0.3 is 6.03 Å². The SMILES string of the molecule is CC(C)NC(=O)N1CCN(C)C(c2ccc(F)cc2)C1. The lowest BCUT2D eigenvalue weighted by Gasteiger charge is -2.39. The first-order valence-corrected chi connectivity index (χ1v) is 6.98. The summed E-state index contributed by atoms with van der Waals surface area (Å²) < 4.78 is 13.0. The lowest BCUT2D eigenvalue weighted by molar-refractivity contribution is 0.109. The van der Waals surface area contributed by atoms with Gasteiger partial charge < -0.3 is 10.2 Å². The van der Waals surface area contributed by atoms with Gasteiger partial charge in [0.05, 0.1) is 6.04 Å². The maximum absolute atomic E-state index is 13.0. The molecular weight excluding hydrogens is 257 g/mol. The zero-order chi connectivity index (χ0) is 14.7. The van der Waals surface area contributed by atoms with Crippen molar-refractivity contribution in [2.45, 2.75) is 25.9 Å². The molecule has 0 bridgehead atoms. The first-order chi connectivity index (χ1) is 9.47. The first-order valence-electron chi connectivity index (χ1n) is 6.98. The largest absolute Gasteiger partial charge is 0.336 e. The predicted octanol–water partition coefficient (Wildman–Crippen LogP) is 2.23. The molecule has 0 saturated carbocycles. The lowest BCUT2D eigenvalue weighted by Crippen LogP contribution is -2.53. The van der Waals surface area contributed by atoms with E-state index in [0.717, 1.165) is 12.1 Å². The number of carbonyl (C=O) groups excluding carboxylic acids is 1. The molecule has 1 aromatic carbocycles. The number of halogens is 1. The summed E-state index contributed by atoms with van der Waals surface area (Å²) in [7, 11) is 2.03. The molecule has 0 radical (unpaired) electrons. The number of carbonyl (C=O) groups is 1. The van der Waals surface area contributed by atoms with Crippen LogP contribution in [0.4, 0.5) is 9.18 Å². The molecule has 1 aliphatic rings. The van der Waals surface area contributed by atoms with E-state index in [9.17, 15) is 9.18 Å². The minimum absolute atomic E-state index is 0.0276. The van der Waals surface area contributed by atoms with Gasteiger partial charge in [-0.3, -0.25) is 4.90 Å². The molecule has 1 aromatic rings. The van der Waals surface area contributed by atoms with Crippen LogP contribution in [0.15, 0.2) is 24.3 Å². The van der Waals surface area contributed by atoms with E-state index in [1.54, 1.807) is 12.1 Å². The number of piperazine rings is 1. The molecule has 1 fully saturated rings. The van der Waals surface area contributed by atoms with E-state index in [2.05, 4.69) is 10.2 Å². The summed E-state index contributed by atoms with van der Waals surface area (Å²) in [5, 5.41) is 2.92. The number of hydrogen-bond donors (Lipinski definition) is 1. The average Bonchev–Trinajstić information content (AvgIpc) is 2.39. The average molecular weight is 279 g/mol. The summed E-state index contributed by atoms with van der Waals surface area (Å²) >= 11 is 0. The lowest BCUT2D eigenvalue weighted by atomic mass is 10.0. The smallest absolute Gasteiger partial charge is 0.317 e. The summed E-state index contributed by atoms with van der Waals surface area (Å²) in [5.74, 6) is -0.235. The molecule has 5 heteroatoms. The molecule has 110 valence electrons. The Balaban J connectivity index is 2.08. The van der Waals surface area contributed by atoms with Gasteiger partial charge in [0.15, 0.2) is 0 Å². The molecule has 1 N–H and O–H groups in total. The van der Waals surface area contributed by atoms with Gasteiger partial charge in [-0.15, -0.1) is 0 Å². The van der Waals surface area contributed by atoms with Gasteiger partial charge in [-0.1, -0.05) is 12.1 Å². The molecule has 1 heterocycles. The van der Waals surface area contributed by atoms with Crippen LogP contribution < -0.4 is 5.32 Å². The number of nitrogens with one attached hydrogen (secondary N) is 1. The number of nitrogens with zero attached hydrogens (tertiary/aromatic N) is 2. The van der Waals surface area contributed by atoms with E-state index >= 15 is 0 Å². The standard InChI is InChI=1S/C15H22FN3O/c1-11(2)17-15(20)19-9-8-18(3)14(10-19)12-4-6-13(16)7-5-12/h4-7,11,14H,8-10H2,1-3H3,(H,17,20). The van der Waals surface area contributed by atoms with Crippen LogP contribution in [0.25, 0.3) is 0 Å². The molecule has 1 aliphatic heterocycles. The van der Waals surface area contributed by atoms with Crippen molar-refractivity contribution in [3.8, 4) is 0 Å². The minimum Gasteiger partial charge on any atom is -0.336 e. The van der Waals surface area contributed by atoms with Crippen LogP contribution in [0.1, 0.15) is 25.5 Å². The Labute approximate surface area is 119 Å². The molecule has 2 amide bonds. The van der Waals surface area contributed by atoms with Crippen LogP contribution in [0.3, 0.4) is 0 Å². The van der Waals surface area contributed by atoms with Crippen molar-refractivity contribution in [3.63, 3.8) is 0 Å². The van der Waals surface area contributed by atoms with Crippen LogP contribution in [-0.4, -0.2) is 48.6 Å². The predicted molar refractivity (Wildman–Crippen MR) is 77.0 cm³/mol. The van der Waals surface area contributed by atoms with Crippen molar-refractivity contribution in [1.82, 2.24) is 15.1 Å². The zero-order valence-corrected chi connectivity index (χ0v) is 12.3.